The molecule has 0 aromatic heterocycles. The molecule has 0 aliphatic rings. The van der Waals surface area contributed by atoms with Crippen LogP contribution in [0.4, 0.5) is 5.69 Å². The summed E-state index contributed by atoms with van der Waals surface area (Å²) in [4.78, 5) is 22.6. The number of thiocarbonyl (C=S) groups is 1. The monoisotopic (exact) mass is 475 g/mol. The molecule has 15 heteroatoms. The number of hydrogen-bond acceptors (Lipinski definition) is 6. The fourth-order valence-corrected chi connectivity index (χ4v) is 1.64. The van der Waals surface area contributed by atoms with Crippen LogP contribution in [-0.4, -0.2) is 46.0 Å². The number of nitrogens with two attached hydrogens (primary N) is 2. The third-order valence-electron chi connectivity index (χ3n) is 2.28. The van der Waals surface area contributed by atoms with E-state index in [4.69, 9.17) is 23.9 Å². The van der Waals surface area contributed by atoms with E-state index in [1.165, 1.54) is 5.01 Å². The predicted octanol–water partition coefficient (Wildman–Crippen LogP) is -9.47. The van der Waals surface area contributed by atoms with Crippen LogP contribution in [0.1, 0.15) is 0 Å². The van der Waals surface area contributed by atoms with Crippen LogP contribution < -0.4 is 58.1 Å². The van der Waals surface area contributed by atoms with Crippen LogP contribution in [-0.2, 0) is 26.1 Å². The molecule has 0 saturated carbocycles. The normalized spacial score (nSPS) is 7.96. The molecular weight excluding hydrogens is 456 g/mol. The first-order valence-corrected chi connectivity index (χ1v) is 6.32. The van der Waals surface area contributed by atoms with E-state index in [9.17, 15) is 9.59 Å². The summed E-state index contributed by atoms with van der Waals surface area (Å²) in [5.41, 5.74) is 7.41. The number of carbonyl (C=O) groups excluding carboxylic acids is 2. The van der Waals surface area contributed by atoms with Gasteiger partial charge in [-0.25, -0.2) is 16.7 Å². The molecule has 0 spiro atoms. The van der Waals surface area contributed by atoms with Gasteiger partial charge in [0.05, 0.1) is 13.1 Å². The Hall–Kier alpha value is -1.28. The first-order chi connectivity index (χ1) is 10.0. The van der Waals surface area contributed by atoms with Gasteiger partial charge in [-0.15, -0.1) is 0 Å². The molecule has 0 heterocycles. The summed E-state index contributed by atoms with van der Waals surface area (Å²) in [7, 11) is 0. The van der Waals surface area contributed by atoms with Crippen LogP contribution in [0.25, 0.3) is 0 Å². The van der Waals surface area contributed by atoms with Crippen LogP contribution in [0.5, 0.6) is 0 Å². The smallest absolute Gasteiger partial charge is 1.00 e. The molecule has 1 rings (SSSR count). The number of amides is 2. The Kier molecular flexibility index (Phi) is 27.6. The summed E-state index contributed by atoms with van der Waals surface area (Å²) >= 11 is 5.10. The minimum Gasteiger partial charge on any atom is -1.00 e. The van der Waals surface area contributed by atoms with Crippen LogP contribution in [0.3, 0.4) is 0 Å². The average Bonchev–Trinajstić information content (AvgIpc) is 2.47. The summed E-state index contributed by atoms with van der Waals surface area (Å²) < 4.78 is 0. The molecule has 0 atom stereocenters. The van der Waals surface area contributed by atoms with Crippen LogP contribution in [0.15, 0.2) is 30.3 Å². The fourth-order valence-electron chi connectivity index (χ4n) is 1.40. The molecule has 26 heavy (non-hydrogen) atoms. The molecule has 1 aromatic rings. The van der Waals surface area contributed by atoms with E-state index in [1.807, 2.05) is 41.2 Å². The molecule has 0 aliphatic carbocycles. The molecule has 11 nitrogen and oxygen atoms in total. The minimum absolute atomic E-state index is 0. The summed E-state index contributed by atoms with van der Waals surface area (Å²) in [5, 5.41) is 4.39. The number of anilines is 1. The number of para-hydroxylation sites is 1. The molecule has 0 radical (unpaired) electrons. The Bertz CT molecular complexity index is 501. The summed E-state index contributed by atoms with van der Waals surface area (Å²) in [6, 6.07) is 9.18. The topological polar surface area (TPSA) is 201 Å². The molecule has 0 bridgehead atoms. The van der Waals surface area contributed by atoms with Crippen molar-refractivity contribution < 1.29 is 61.8 Å². The number of carbonyl (C=O) groups is 2. The number of nitrogens with zero attached hydrogens (tertiary/aromatic N) is 1. The molecule has 0 saturated heterocycles. The number of nitrogens with one attached hydrogen (secondary N) is 4. The average molecular weight is 477 g/mol. The number of benzene rings is 1. The van der Waals surface area contributed by atoms with Gasteiger partial charge in [0.2, 0.25) is 11.8 Å². The second-order valence-electron chi connectivity index (χ2n) is 3.92. The first kappa shape index (κ1) is 35.8. The molecule has 0 unspecified atom stereocenters. The van der Waals surface area contributed by atoms with Crippen molar-refractivity contribution in [1.82, 2.24) is 21.3 Å². The largest absolute Gasteiger partial charge is 2.00 e. The summed E-state index contributed by atoms with van der Waals surface area (Å²) in [6.45, 7) is -0.360. The van der Waals surface area contributed by atoms with Gasteiger partial charge in [0.15, 0.2) is 5.11 Å². The number of rotatable bonds is 6. The second kappa shape index (κ2) is 20.0. The summed E-state index contributed by atoms with van der Waals surface area (Å²) in [5.74, 6) is 9.04. The van der Waals surface area contributed by atoms with E-state index in [1.54, 1.807) is 0 Å². The maximum absolute atomic E-state index is 11.3. The number of hydrogen-bond donors (Lipinski definition) is 6. The van der Waals surface area contributed by atoms with E-state index in [0.717, 1.165) is 5.69 Å². The van der Waals surface area contributed by atoms with Gasteiger partial charge < -0.3 is 41.1 Å². The van der Waals surface area contributed by atoms with Gasteiger partial charge in [0, 0.05) is 5.69 Å². The Morgan fingerprint density at radius 1 is 0.962 bits per heavy atom. The Morgan fingerprint density at radius 3 is 1.77 bits per heavy atom. The van der Waals surface area contributed by atoms with Gasteiger partial charge in [-0.2, -0.15) is 0 Å². The van der Waals surface area contributed by atoms with Crippen molar-refractivity contribution in [3.63, 3.8) is 0 Å². The van der Waals surface area contributed by atoms with E-state index >= 15 is 0 Å². The van der Waals surface area contributed by atoms with Crippen molar-refractivity contribution >= 4 is 34.8 Å². The number of hydrazine groups is 3. The van der Waals surface area contributed by atoms with E-state index in [0.29, 0.717) is 0 Å². The van der Waals surface area contributed by atoms with Gasteiger partial charge in [-0.3, -0.25) is 25.9 Å². The standard InChI is InChI=1S/C11H17N7O2S.2ClH.Ni.2H2O/c12-15-9(19)6-18(7-10(20)16-13)17-11(21)14-8-4-2-1-3-5-8;;;;;/h1-5H,6-7,12-13H2,(H,15,19)(H,16,20)(H2,14,17,21);2*1H;;2*1H2/q;;;+2;;/p-2. The molecule has 2 amide bonds. The third kappa shape index (κ3) is 15.0. The van der Waals surface area contributed by atoms with Gasteiger partial charge in [-0.05, 0) is 24.4 Å². The van der Waals surface area contributed by atoms with Crippen LogP contribution in [0, 0.1) is 0 Å². The SMILES string of the molecule is NNC(=O)CN(CC(=O)NN)NC(=S)Nc1ccccc1.O.O.[Cl-].[Cl-].[Ni+2]. The molecule has 0 fully saturated rings. The zero-order valence-electron chi connectivity index (χ0n) is 13.2. The maximum Gasteiger partial charge on any atom is 2.00 e. The van der Waals surface area contributed by atoms with Gasteiger partial charge in [0.25, 0.3) is 0 Å². The van der Waals surface area contributed by atoms with Gasteiger partial charge in [-0.1, -0.05) is 18.2 Å². The Morgan fingerprint density at radius 2 is 1.38 bits per heavy atom. The molecular formula is C11H21Cl2N7NiO4S. The Labute approximate surface area is 178 Å². The maximum atomic E-state index is 11.3. The van der Waals surface area contributed by atoms with Crippen LogP contribution in [0.2, 0.25) is 0 Å². The van der Waals surface area contributed by atoms with Crippen molar-refractivity contribution in [3.05, 3.63) is 30.3 Å². The van der Waals surface area contributed by atoms with E-state index < -0.39 is 11.8 Å². The van der Waals surface area contributed by atoms with Gasteiger partial charge >= 0.3 is 16.5 Å². The van der Waals surface area contributed by atoms with Crippen molar-refractivity contribution in [2.75, 3.05) is 18.4 Å². The van der Waals surface area contributed by atoms with Crippen molar-refractivity contribution in [2.45, 2.75) is 0 Å². The van der Waals surface area contributed by atoms with Crippen molar-refractivity contribution in [2.24, 2.45) is 11.7 Å². The van der Waals surface area contributed by atoms with Crippen molar-refractivity contribution in [3.8, 4) is 0 Å². The second-order valence-corrected chi connectivity index (χ2v) is 4.33. The van der Waals surface area contributed by atoms with Gasteiger partial charge in [0.1, 0.15) is 0 Å². The zero-order valence-corrected chi connectivity index (χ0v) is 16.5. The van der Waals surface area contributed by atoms with Crippen LogP contribution >= 0.6 is 12.2 Å². The molecule has 1 aromatic carbocycles. The third-order valence-corrected chi connectivity index (χ3v) is 2.48. The first-order valence-electron chi connectivity index (χ1n) is 5.91. The van der Waals surface area contributed by atoms with E-state index in [-0.39, 0.29) is 70.5 Å². The predicted molar refractivity (Wildman–Crippen MR) is 89.3 cm³/mol. The minimum atomic E-state index is -0.491. The summed E-state index contributed by atoms with van der Waals surface area (Å²) in [6.07, 6.45) is 0. The van der Waals surface area contributed by atoms with Crippen molar-refractivity contribution in [1.29, 1.82) is 0 Å². The molecule has 154 valence electrons. The molecule has 0 aliphatic heterocycles. The van der Waals surface area contributed by atoms with E-state index in [2.05, 4.69) is 10.7 Å². The fraction of sp³-hybridized carbons (Fsp3) is 0.182. The Balaban J connectivity index is -0.000000294. The molecule has 12 N–H and O–H groups in total. The quantitative estimate of drug-likeness (QED) is 0.0763. The zero-order chi connectivity index (χ0) is 15.7. The number of halogens is 2.